The zero-order valence-electron chi connectivity index (χ0n) is 17.2. The number of carbonyl (C=O) groups excluding carboxylic acids is 3. The fourth-order valence-corrected chi connectivity index (χ4v) is 3.65. The SMILES string of the molecule is CCOC(=O)C1=C(CN2CCN(C(C)=O)CC2)NC(=O)N[C@H]1c1ccc(C)cc1. The summed E-state index contributed by atoms with van der Waals surface area (Å²) in [6, 6.07) is 6.81. The Morgan fingerprint density at radius 1 is 1.14 bits per heavy atom. The maximum absolute atomic E-state index is 12.8. The number of urea groups is 1. The van der Waals surface area contributed by atoms with Crippen LogP contribution in [0.1, 0.15) is 31.0 Å². The Kier molecular flexibility index (Phi) is 6.53. The lowest BCUT2D eigenvalue weighted by atomic mass is 9.94. The van der Waals surface area contributed by atoms with E-state index in [1.54, 1.807) is 18.7 Å². The van der Waals surface area contributed by atoms with Crippen LogP contribution in [0.3, 0.4) is 0 Å². The topological polar surface area (TPSA) is 91.0 Å². The number of hydrogen-bond donors (Lipinski definition) is 2. The first-order valence-electron chi connectivity index (χ1n) is 9.91. The number of carbonyl (C=O) groups is 3. The summed E-state index contributed by atoms with van der Waals surface area (Å²) in [4.78, 5) is 40.6. The second kappa shape index (κ2) is 9.09. The third kappa shape index (κ3) is 4.95. The van der Waals surface area contributed by atoms with E-state index in [-0.39, 0.29) is 18.5 Å². The molecule has 1 saturated heterocycles. The van der Waals surface area contributed by atoms with Crippen molar-refractivity contribution in [2.24, 2.45) is 0 Å². The smallest absolute Gasteiger partial charge is 0.338 e. The molecule has 1 fully saturated rings. The molecule has 8 nitrogen and oxygen atoms in total. The highest BCUT2D eigenvalue weighted by molar-refractivity contribution is 5.95. The zero-order valence-corrected chi connectivity index (χ0v) is 17.2. The first-order chi connectivity index (χ1) is 13.9. The molecule has 0 spiro atoms. The van der Waals surface area contributed by atoms with Gasteiger partial charge in [-0.3, -0.25) is 9.69 Å². The molecule has 0 saturated carbocycles. The normalized spacial score (nSPS) is 20.2. The van der Waals surface area contributed by atoms with E-state index in [4.69, 9.17) is 4.74 Å². The van der Waals surface area contributed by atoms with Crippen molar-refractivity contribution in [1.82, 2.24) is 20.4 Å². The van der Waals surface area contributed by atoms with Gasteiger partial charge >= 0.3 is 12.0 Å². The Labute approximate surface area is 170 Å². The Morgan fingerprint density at radius 3 is 2.38 bits per heavy atom. The molecular weight excluding hydrogens is 372 g/mol. The molecule has 2 aliphatic heterocycles. The van der Waals surface area contributed by atoms with Crippen molar-refractivity contribution < 1.29 is 19.1 Å². The van der Waals surface area contributed by atoms with E-state index in [1.165, 1.54) is 0 Å². The molecule has 156 valence electrons. The summed E-state index contributed by atoms with van der Waals surface area (Å²) in [6.07, 6.45) is 0. The zero-order chi connectivity index (χ0) is 21.0. The minimum absolute atomic E-state index is 0.0608. The molecule has 0 aliphatic carbocycles. The predicted octanol–water partition coefficient (Wildman–Crippen LogP) is 1.33. The molecule has 0 radical (unpaired) electrons. The number of benzene rings is 1. The van der Waals surface area contributed by atoms with Gasteiger partial charge in [-0.05, 0) is 19.4 Å². The lowest BCUT2D eigenvalue weighted by molar-refractivity contribution is -0.139. The van der Waals surface area contributed by atoms with Crippen molar-refractivity contribution in [3.63, 3.8) is 0 Å². The molecule has 2 heterocycles. The molecule has 2 N–H and O–H groups in total. The Balaban J connectivity index is 1.89. The number of hydrogen-bond acceptors (Lipinski definition) is 5. The van der Waals surface area contributed by atoms with Crippen molar-refractivity contribution in [2.75, 3.05) is 39.3 Å². The summed E-state index contributed by atoms with van der Waals surface area (Å²) in [5.41, 5.74) is 2.89. The number of amides is 3. The number of piperazine rings is 1. The highest BCUT2D eigenvalue weighted by Crippen LogP contribution is 2.28. The van der Waals surface area contributed by atoms with Crippen LogP contribution < -0.4 is 10.6 Å². The summed E-state index contributed by atoms with van der Waals surface area (Å²) in [5, 5.41) is 5.66. The quantitative estimate of drug-likeness (QED) is 0.728. The van der Waals surface area contributed by atoms with Crippen LogP contribution in [0.4, 0.5) is 4.79 Å². The minimum atomic E-state index is -0.572. The second-order valence-corrected chi connectivity index (χ2v) is 7.34. The first kappa shape index (κ1) is 20.9. The van der Waals surface area contributed by atoms with Crippen LogP contribution in [0.25, 0.3) is 0 Å². The standard InChI is InChI=1S/C21H28N4O4/c1-4-29-20(27)18-17(13-24-9-11-25(12-10-24)15(3)26)22-21(28)23-19(18)16-7-5-14(2)6-8-16/h5-8,19H,4,9-13H2,1-3H3,(H2,22,23,28)/t19-/m0/s1. The fraction of sp³-hybridized carbons (Fsp3) is 0.476. The van der Waals surface area contributed by atoms with Crippen LogP contribution in [0.5, 0.6) is 0 Å². The maximum Gasteiger partial charge on any atom is 0.338 e. The Hall–Kier alpha value is -2.87. The third-order valence-corrected chi connectivity index (χ3v) is 5.26. The molecular formula is C21H28N4O4. The summed E-state index contributed by atoms with van der Waals surface area (Å²) in [5.74, 6) is -0.381. The van der Waals surface area contributed by atoms with Crippen LogP contribution in [-0.2, 0) is 14.3 Å². The third-order valence-electron chi connectivity index (χ3n) is 5.26. The number of rotatable bonds is 5. The van der Waals surface area contributed by atoms with E-state index < -0.39 is 12.0 Å². The van der Waals surface area contributed by atoms with E-state index in [9.17, 15) is 14.4 Å². The van der Waals surface area contributed by atoms with E-state index >= 15 is 0 Å². The summed E-state index contributed by atoms with van der Waals surface area (Å²) < 4.78 is 5.30. The minimum Gasteiger partial charge on any atom is -0.463 e. The van der Waals surface area contributed by atoms with Gasteiger partial charge in [-0.25, -0.2) is 9.59 Å². The van der Waals surface area contributed by atoms with E-state index in [0.29, 0.717) is 44.0 Å². The van der Waals surface area contributed by atoms with Gasteiger partial charge < -0.3 is 20.3 Å². The predicted molar refractivity (Wildman–Crippen MR) is 108 cm³/mol. The molecule has 29 heavy (non-hydrogen) atoms. The fourth-order valence-electron chi connectivity index (χ4n) is 3.65. The van der Waals surface area contributed by atoms with E-state index in [1.807, 2.05) is 31.2 Å². The van der Waals surface area contributed by atoms with Crippen LogP contribution in [0.2, 0.25) is 0 Å². The molecule has 1 aromatic rings. The number of aryl methyl sites for hydroxylation is 1. The molecule has 8 heteroatoms. The Bertz CT molecular complexity index is 810. The van der Waals surface area contributed by atoms with Crippen molar-refractivity contribution in [3.8, 4) is 0 Å². The van der Waals surface area contributed by atoms with E-state index in [2.05, 4.69) is 15.5 Å². The number of nitrogens with one attached hydrogen (secondary N) is 2. The van der Waals surface area contributed by atoms with Gasteiger partial charge in [0.25, 0.3) is 0 Å². The monoisotopic (exact) mass is 400 g/mol. The molecule has 2 aliphatic rings. The summed E-state index contributed by atoms with van der Waals surface area (Å²) in [7, 11) is 0. The lowest BCUT2D eigenvalue weighted by Gasteiger charge is -2.36. The molecule has 0 unspecified atom stereocenters. The van der Waals surface area contributed by atoms with Crippen molar-refractivity contribution in [3.05, 3.63) is 46.7 Å². The van der Waals surface area contributed by atoms with Crippen LogP contribution in [0, 0.1) is 6.92 Å². The molecule has 1 aromatic carbocycles. The van der Waals surface area contributed by atoms with Crippen molar-refractivity contribution in [2.45, 2.75) is 26.8 Å². The highest BCUT2D eigenvalue weighted by Gasteiger charge is 2.34. The maximum atomic E-state index is 12.8. The van der Waals surface area contributed by atoms with Gasteiger partial charge in [-0.2, -0.15) is 0 Å². The molecule has 1 atom stereocenters. The van der Waals surface area contributed by atoms with Gasteiger partial charge in [0.05, 0.1) is 18.2 Å². The molecule has 3 amide bonds. The van der Waals surface area contributed by atoms with Gasteiger partial charge in [0, 0.05) is 45.3 Å². The van der Waals surface area contributed by atoms with Gasteiger partial charge in [0.15, 0.2) is 0 Å². The molecule has 0 aromatic heterocycles. The first-order valence-corrected chi connectivity index (χ1v) is 9.91. The van der Waals surface area contributed by atoms with Gasteiger partial charge in [-0.15, -0.1) is 0 Å². The average Bonchev–Trinajstić information content (AvgIpc) is 2.68. The number of nitrogens with zero attached hydrogens (tertiary/aromatic N) is 2. The van der Waals surface area contributed by atoms with Crippen LogP contribution in [-0.4, -0.2) is 67.0 Å². The van der Waals surface area contributed by atoms with E-state index in [0.717, 1.165) is 11.1 Å². The molecule has 3 rings (SSSR count). The number of ether oxygens (including phenoxy) is 1. The summed E-state index contributed by atoms with van der Waals surface area (Å²) in [6.45, 7) is 8.59. The lowest BCUT2D eigenvalue weighted by Crippen LogP contribution is -2.52. The van der Waals surface area contributed by atoms with Crippen molar-refractivity contribution in [1.29, 1.82) is 0 Å². The summed E-state index contributed by atoms with van der Waals surface area (Å²) >= 11 is 0. The highest BCUT2D eigenvalue weighted by atomic mass is 16.5. The van der Waals surface area contributed by atoms with Gasteiger partial charge in [0.1, 0.15) is 0 Å². The second-order valence-electron chi connectivity index (χ2n) is 7.34. The average molecular weight is 400 g/mol. The van der Waals surface area contributed by atoms with Crippen molar-refractivity contribution >= 4 is 17.9 Å². The van der Waals surface area contributed by atoms with Crippen LogP contribution in [0.15, 0.2) is 35.5 Å². The largest absolute Gasteiger partial charge is 0.463 e. The number of esters is 1. The van der Waals surface area contributed by atoms with Crippen LogP contribution >= 0.6 is 0 Å². The molecule has 0 bridgehead atoms. The Morgan fingerprint density at radius 2 is 1.79 bits per heavy atom. The van der Waals surface area contributed by atoms with Gasteiger partial charge in [0.2, 0.25) is 5.91 Å². The van der Waals surface area contributed by atoms with Gasteiger partial charge in [-0.1, -0.05) is 29.8 Å².